The van der Waals surface area contributed by atoms with E-state index in [0.29, 0.717) is 6.42 Å². The van der Waals surface area contributed by atoms with Crippen LogP contribution >= 0.6 is 11.6 Å². The average molecular weight is 259 g/mol. The average Bonchev–Trinajstić information content (AvgIpc) is 2.36. The highest BCUT2D eigenvalue weighted by molar-refractivity contribution is 6.32. The van der Waals surface area contributed by atoms with Crippen molar-refractivity contribution in [1.82, 2.24) is 10.3 Å². The highest BCUT2D eigenvalue weighted by atomic mass is 35.5. The lowest BCUT2D eigenvalue weighted by molar-refractivity contribution is 0.0653. The Hall–Kier alpha value is -1.17. The summed E-state index contributed by atoms with van der Waals surface area (Å²) in [6.07, 6.45) is 1.88. The van der Waals surface area contributed by atoms with Crippen LogP contribution in [0.5, 0.6) is 0 Å². The van der Waals surface area contributed by atoms with Crippen molar-refractivity contribution in [1.29, 1.82) is 0 Å². The zero-order chi connectivity index (χ0) is 12.9. The van der Waals surface area contributed by atoms with Crippen molar-refractivity contribution in [2.24, 2.45) is 0 Å². The Morgan fingerprint density at radius 3 is 2.65 bits per heavy atom. The fourth-order valence-electron chi connectivity index (χ4n) is 1.30. The number of aliphatic hydroxyl groups is 2. The number of aromatic nitrogens is 1. The van der Waals surface area contributed by atoms with Gasteiger partial charge in [-0.05, 0) is 18.6 Å². The molecule has 0 atom stereocenters. The maximum atomic E-state index is 11.9. The number of pyridine rings is 1. The van der Waals surface area contributed by atoms with E-state index in [1.54, 1.807) is 13.0 Å². The smallest absolute Gasteiger partial charge is 0.255 e. The number of nitrogens with zero attached hydrogens (tertiary/aromatic N) is 1. The summed E-state index contributed by atoms with van der Waals surface area (Å²) in [4.78, 5) is 15.7. The van der Waals surface area contributed by atoms with E-state index >= 15 is 0 Å². The molecule has 0 unspecified atom stereocenters. The second-order valence-electron chi connectivity index (χ2n) is 3.75. The first-order valence-corrected chi connectivity index (χ1v) is 5.61. The van der Waals surface area contributed by atoms with E-state index in [-0.39, 0.29) is 23.9 Å². The molecular formula is C11H15ClN2O3. The quantitative estimate of drug-likeness (QED) is 0.676. The lowest BCUT2D eigenvalue weighted by Crippen LogP contribution is -2.53. The Bertz CT molecular complexity index is 386. The van der Waals surface area contributed by atoms with Gasteiger partial charge in [0.1, 0.15) is 5.15 Å². The predicted octanol–water partition coefficient (Wildman–Crippen LogP) is 0.598. The molecule has 1 heterocycles. The number of nitrogens with one attached hydrogen (secondary N) is 1. The van der Waals surface area contributed by atoms with Gasteiger partial charge in [0, 0.05) is 6.20 Å². The van der Waals surface area contributed by atoms with E-state index in [0.717, 1.165) is 0 Å². The van der Waals surface area contributed by atoms with Crippen LogP contribution in [0, 0.1) is 0 Å². The number of amides is 1. The maximum absolute atomic E-state index is 11.9. The van der Waals surface area contributed by atoms with Crippen LogP contribution < -0.4 is 5.32 Å². The number of carbonyl (C=O) groups is 1. The van der Waals surface area contributed by atoms with Gasteiger partial charge in [0.2, 0.25) is 0 Å². The molecule has 0 aromatic carbocycles. The summed E-state index contributed by atoms with van der Waals surface area (Å²) in [6.45, 7) is 1.07. The maximum Gasteiger partial charge on any atom is 0.255 e. The van der Waals surface area contributed by atoms with Crippen LogP contribution in [0.15, 0.2) is 18.3 Å². The second kappa shape index (κ2) is 5.95. The summed E-state index contributed by atoms with van der Waals surface area (Å²) < 4.78 is 0. The monoisotopic (exact) mass is 258 g/mol. The summed E-state index contributed by atoms with van der Waals surface area (Å²) >= 11 is 5.78. The number of rotatable bonds is 5. The zero-order valence-electron chi connectivity index (χ0n) is 9.48. The summed E-state index contributed by atoms with van der Waals surface area (Å²) in [6, 6.07) is 3.12. The molecule has 5 nitrogen and oxygen atoms in total. The second-order valence-corrected chi connectivity index (χ2v) is 4.10. The molecule has 1 aromatic heterocycles. The summed E-state index contributed by atoms with van der Waals surface area (Å²) in [5, 5.41) is 21.1. The molecule has 0 aliphatic carbocycles. The Morgan fingerprint density at radius 1 is 1.53 bits per heavy atom. The molecule has 0 aliphatic heterocycles. The molecule has 94 valence electrons. The molecule has 0 bridgehead atoms. The summed E-state index contributed by atoms with van der Waals surface area (Å²) in [5.74, 6) is -0.465. The number of hydrogen-bond donors (Lipinski definition) is 3. The van der Waals surface area contributed by atoms with Crippen molar-refractivity contribution < 1.29 is 15.0 Å². The van der Waals surface area contributed by atoms with Gasteiger partial charge in [-0.15, -0.1) is 0 Å². The van der Waals surface area contributed by atoms with Gasteiger partial charge in [-0.2, -0.15) is 0 Å². The molecule has 0 fully saturated rings. The van der Waals surface area contributed by atoms with Gasteiger partial charge in [0.15, 0.2) is 0 Å². The number of hydrogen-bond acceptors (Lipinski definition) is 4. The van der Waals surface area contributed by atoms with E-state index in [1.807, 2.05) is 0 Å². The molecule has 0 aliphatic rings. The fourth-order valence-corrected chi connectivity index (χ4v) is 1.51. The Labute approximate surface area is 104 Å². The van der Waals surface area contributed by atoms with Gasteiger partial charge in [-0.25, -0.2) is 4.98 Å². The van der Waals surface area contributed by atoms with Crippen molar-refractivity contribution in [2.45, 2.75) is 18.9 Å². The predicted molar refractivity (Wildman–Crippen MR) is 63.9 cm³/mol. The van der Waals surface area contributed by atoms with Crippen LogP contribution in [-0.4, -0.2) is 39.9 Å². The molecule has 0 spiro atoms. The van der Waals surface area contributed by atoms with Crippen LogP contribution in [0.1, 0.15) is 23.7 Å². The van der Waals surface area contributed by atoms with Gasteiger partial charge < -0.3 is 15.5 Å². The lowest BCUT2D eigenvalue weighted by Gasteiger charge is -2.29. The normalized spacial score (nSPS) is 11.3. The first-order valence-electron chi connectivity index (χ1n) is 5.23. The van der Waals surface area contributed by atoms with Crippen molar-refractivity contribution in [3.05, 3.63) is 29.0 Å². The minimum atomic E-state index is -1.03. The third-order valence-corrected chi connectivity index (χ3v) is 2.97. The fraction of sp³-hybridized carbons (Fsp3) is 0.455. The van der Waals surface area contributed by atoms with Crippen LogP contribution in [0.25, 0.3) is 0 Å². The first-order chi connectivity index (χ1) is 8.08. The third kappa shape index (κ3) is 3.15. The van der Waals surface area contributed by atoms with Crippen molar-refractivity contribution in [3.8, 4) is 0 Å². The van der Waals surface area contributed by atoms with Gasteiger partial charge in [0.25, 0.3) is 5.91 Å². The highest BCUT2D eigenvalue weighted by Gasteiger charge is 2.29. The highest BCUT2D eigenvalue weighted by Crippen LogP contribution is 2.14. The summed E-state index contributed by atoms with van der Waals surface area (Å²) in [7, 11) is 0. The lowest BCUT2D eigenvalue weighted by atomic mass is 9.98. The minimum absolute atomic E-state index is 0.0888. The van der Waals surface area contributed by atoms with Crippen LogP contribution in [-0.2, 0) is 0 Å². The number of aliphatic hydroxyl groups excluding tert-OH is 2. The molecule has 3 N–H and O–H groups in total. The van der Waals surface area contributed by atoms with E-state index in [9.17, 15) is 15.0 Å². The van der Waals surface area contributed by atoms with E-state index in [4.69, 9.17) is 11.6 Å². The van der Waals surface area contributed by atoms with Gasteiger partial charge in [-0.3, -0.25) is 4.79 Å². The van der Waals surface area contributed by atoms with E-state index in [2.05, 4.69) is 10.3 Å². The minimum Gasteiger partial charge on any atom is -0.394 e. The van der Waals surface area contributed by atoms with Crippen LogP contribution in [0.2, 0.25) is 5.15 Å². The Morgan fingerprint density at radius 2 is 2.18 bits per heavy atom. The molecule has 0 saturated heterocycles. The van der Waals surface area contributed by atoms with E-state index < -0.39 is 11.4 Å². The number of halogens is 1. The Kier molecular flexibility index (Phi) is 4.86. The molecule has 17 heavy (non-hydrogen) atoms. The van der Waals surface area contributed by atoms with Crippen LogP contribution in [0.4, 0.5) is 0 Å². The Balaban J connectivity index is 2.89. The molecule has 1 amide bonds. The molecule has 0 radical (unpaired) electrons. The molecular weight excluding hydrogens is 244 g/mol. The van der Waals surface area contributed by atoms with E-state index in [1.165, 1.54) is 12.3 Å². The first kappa shape index (κ1) is 13.9. The SMILES string of the molecule is CCC(CO)(CO)NC(=O)c1cccnc1Cl. The van der Waals surface area contributed by atoms with Crippen molar-refractivity contribution in [3.63, 3.8) is 0 Å². The number of carbonyl (C=O) groups excluding carboxylic acids is 1. The van der Waals surface area contributed by atoms with Crippen molar-refractivity contribution >= 4 is 17.5 Å². The van der Waals surface area contributed by atoms with Gasteiger partial charge >= 0.3 is 0 Å². The molecule has 1 rings (SSSR count). The molecule has 1 aromatic rings. The zero-order valence-corrected chi connectivity index (χ0v) is 10.2. The summed E-state index contributed by atoms with van der Waals surface area (Å²) in [5.41, 5.74) is -0.815. The van der Waals surface area contributed by atoms with Crippen molar-refractivity contribution in [2.75, 3.05) is 13.2 Å². The van der Waals surface area contributed by atoms with Crippen LogP contribution in [0.3, 0.4) is 0 Å². The third-order valence-electron chi connectivity index (χ3n) is 2.66. The molecule has 6 heteroatoms. The topological polar surface area (TPSA) is 82.5 Å². The molecule has 0 saturated carbocycles. The van der Waals surface area contributed by atoms with Gasteiger partial charge in [-0.1, -0.05) is 18.5 Å². The standard InChI is InChI=1S/C11H15ClN2O3/c1-2-11(6-15,7-16)14-10(17)8-4-3-5-13-9(8)12/h3-5,15-16H,2,6-7H2,1H3,(H,14,17). The van der Waals surface area contributed by atoms with Gasteiger partial charge in [0.05, 0.1) is 24.3 Å². The largest absolute Gasteiger partial charge is 0.394 e.